The number of ketones is 1. The molecule has 1 aliphatic rings. The summed E-state index contributed by atoms with van der Waals surface area (Å²) in [6.07, 6.45) is 3.75. The molecule has 0 saturated heterocycles. The summed E-state index contributed by atoms with van der Waals surface area (Å²) in [5.41, 5.74) is 3.67. The van der Waals surface area contributed by atoms with Crippen LogP contribution in [-0.4, -0.2) is 12.4 Å². The molecule has 0 fully saturated rings. The Hall–Kier alpha value is -1.24. The molecule has 20 heavy (non-hydrogen) atoms. The number of fused-ring (bicyclic) bond motifs is 1. The number of hydrogen-bond acceptors (Lipinski definition) is 4. The molecule has 1 aliphatic heterocycles. The van der Waals surface area contributed by atoms with E-state index in [2.05, 4.69) is 0 Å². The summed E-state index contributed by atoms with van der Waals surface area (Å²) < 4.78 is 1.87. The van der Waals surface area contributed by atoms with E-state index < -0.39 is 0 Å². The van der Waals surface area contributed by atoms with E-state index in [1.54, 1.807) is 17.4 Å². The van der Waals surface area contributed by atoms with Gasteiger partial charge in [0.25, 0.3) is 0 Å². The van der Waals surface area contributed by atoms with Crippen molar-refractivity contribution in [2.75, 3.05) is 6.61 Å². The Balaban J connectivity index is 0.00000147. The van der Waals surface area contributed by atoms with Gasteiger partial charge >= 0.3 is 0 Å². The van der Waals surface area contributed by atoms with Gasteiger partial charge in [0.15, 0.2) is 11.9 Å². The van der Waals surface area contributed by atoms with Gasteiger partial charge in [0.1, 0.15) is 0 Å². The lowest BCUT2D eigenvalue weighted by molar-refractivity contribution is -0.678. The van der Waals surface area contributed by atoms with E-state index in [-0.39, 0.29) is 22.8 Å². The first-order valence-corrected chi connectivity index (χ1v) is 7.14. The summed E-state index contributed by atoms with van der Waals surface area (Å²) >= 11 is 1.57. The zero-order chi connectivity index (χ0) is 13.1. The molecule has 0 unspecified atom stereocenters. The highest BCUT2D eigenvalue weighted by molar-refractivity contribution is 7.07. The minimum atomic E-state index is 0. The monoisotopic (exact) mass is 355 g/mol. The second kappa shape index (κ2) is 6.97. The van der Waals surface area contributed by atoms with Crippen LogP contribution < -0.4 is 26.4 Å². The summed E-state index contributed by atoms with van der Waals surface area (Å²) in [5.74, 6) is 0.734. The Labute approximate surface area is 131 Å². The number of aromatic nitrogens is 1. The first-order valence-electron chi connectivity index (χ1n) is 6.20. The summed E-state index contributed by atoms with van der Waals surface area (Å²) in [7, 11) is 0. The minimum Gasteiger partial charge on any atom is -1.00 e. The normalized spacial score (nSPS) is 13.6. The fourth-order valence-electron chi connectivity index (χ4n) is 2.05. The van der Waals surface area contributed by atoms with Gasteiger partial charge in [-0.2, -0.15) is 9.45 Å². The molecule has 0 bridgehead atoms. The van der Waals surface area contributed by atoms with Gasteiger partial charge in [-0.1, -0.05) is 23.5 Å². The van der Waals surface area contributed by atoms with Crippen LogP contribution in [-0.2, 0) is 17.9 Å². The molecule has 0 aliphatic carbocycles. The predicted molar refractivity (Wildman–Crippen MR) is 70.2 cm³/mol. The lowest BCUT2D eigenvalue weighted by atomic mass is 10.0. The maximum absolute atomic E-state index is 12.2. The number of carbonyl (C=O) groups excluding carboxylic acids is 1. The van der Waals surface area contributed by atoms with E-state index in [9.17, 15) is 4.79 Å². The van der Waals surface area contributed by atoms with Crippen LogP contribution in [0, 0.1) is 0 Å². The second-order valence-electron chi connectivity index (χ2n) is 4.45. The van der Waals surface area contributed by atoms with Crippen molar-refractivity contribution in [1.29, 1.82) is 0 Å². The third-order valence-electron chi connectivity index (χ3n) is 3.06. The van der Waals surface area contributed by atoms with E-state index in [0.29, 0.717) is 24.5 Å². The molecule has 6 heteroatoms. The number of hydrogen-bond donors (Lipinski definition) is 0. The Morgan fingerprint density at radius 1 is 1.40 bits per heavy atom. The van der Waals surface area contributed by atoms with E-state index >= 15 is 0 Å². The fraction of sp³-hybridized carbons (Fsp3) is 0.286. The smallest absolute Gasteiger partial charge is 0.227 e. The molecule has 0 spiro atoms. The minimum absolute atomic E-state index is 0. The average Bonchev–Trinajstić information content (AvgIpc) is 2.81. The molecule has 0 saturated carbocycles. The van der Waals surface area contributed by atoms with Gasteiger partial charge in [0.05, 0.1) is 12.0 Å². The highest BCUT2D eigenvalue weighted by Gasteiger charge is 2.16. The van der Waals surface area contributed by atoms with Crippen molar-refractivity contribution in [3.63, 3.8) is 0 Å². The zero-order valence-electron chi connectivity index (χ0n) is 10.8. The Morgan fingerprint density at radius 2 is 2.30 bits per heavy atom. The van der Waals surface area contributed by atoms with E-state index in [0.717, 1.165) is 18.4 Å². The number of Topliss-reactive ketones (excluding diaryl/α,β-unsaturated/α-hetero) is 1. The second-order valence-corrected chi connectivity index (χ2v) is 5.21. The Kier molecular flexibility index (Phi) is 5.28. The topological polar surface area (TPSA) is 39.4 Å². The van der Waals surface area contributed by atoms with Crippen LogP contribution in [0.1, 0.15) is 22.3 Å². The highest BCUT2D eigenvalue weighted by Crippen LogP contribution is 2.24. The van der Waals surface area contributed by atoms with Gasteiger partial charge in [-0.25, -0.2) is 0 Å². The standard InChI is InChI=1S/C14H14NO3S.BrH/c16-13(9-15-5-7-19-10-15)12-4-3-11-2-1-6-17-18-14(11)8-12;/h3-5,7-8,10H,1-2,6,9H2;1H/q+1;/p-1. The number of halogens is 1. The SMILES string of the molecule is O=C(C[n+]1ccsc1)c1ccc2c(c1)OOCCC2.[Br-]. The van der Waals surface area contributed by atoms with Gasteiger partial charge in [-0.05, 0) is 24.5 Å². The van der Waals surface area contributed by atoms with Crippen molar-refractivity contribution < 1.29 is 36.1 Å². The number of rotatable bonds is 3. The van der Waals surface area contributed by atoms with Crippen LogP contribution in [0.3, 0.4) is 0 Å². The van der Waals surface area contributed by atoms with Crippen molar-refractivity contribution in [1.82, 2.24) is 0 Å². The third kappa shape index (κ3) is 3.45. The van der Waals surface area contributed by atoms with Crippen molar-refractivity contribution in [2.24, 2.45) is 0 Å². The van der Waals surface area contributed by atoms with Crippen molar-refractivity contribution in [2.45, 2.75) is 19.4 Å². The number of aryl methyl sites for hydroxylation is 1. The molecule has 1 aromatic heterocycles. The molecule has 0 N–H and O–H groups in total. The van der Waals surface area contributed by atoms with Crippen molar-refractivity contribution in [3.05, 3.63) is 46.4 Å². The number of thiazole rings is 1. The van der Waals surface area contributed by atoms with Gasteiger partial charge < -0.3 is 21.9 Å². The first kappa shape index (κ1) is 15.2. The molecule has 0 atom stereocenters. The molecule has 3 rings (SSSR count). The summed E-state index contributed by atoms with van der Waals surface area (Å²) in [5, 5.41) is 1.95. The number of nitrogens with zero attached hydrogens (tertiary/aromatic N) is 1. The zero-order valence-corrected chi connectivity index (χ0v) is 13.2. The Morgan fingerprint density at radius 3 is 3.10 bits per heavy atom. The number of benzene rings is 1. The van der Waals surface area contributed by atoms with Gasteiger partial charge in [0.2, 0.25) is 17.8 Å². The molecule has 1 aromatic carbocycles. The Bertz CT molecular complexity index is 586. The summed E-state index contributed by atoms with van der Waals surface area (Å²) in [6, 6.07) is 5.59. The van der Waals surface area contributed by atoms with Crippen molar-refractivity contribution >= 4 is 17.1 Å². The van der Waals surface area contributed by atoms with Crippen molar-refractivity contribution in [3.8, 4) is 5.75 Å². The largest absolute Gasteiger partial charge is 1.00 e. The maximum atomic E-state index is 12.2. The summed E-state index contributed by atoms with van der Waals surface area (Å²) in [6.45, 7) is 0.936. The van der Waals surface area contributed by atoms with Crippen LogP contribution >= 0.6 is 11.3 Å². The number of carbonyl (C=O) groups is 1. The van der Waals surface area contributed by atoms with Crippen LogP contribution in [0.2, 0.25) is 0 Å². The predicted octanol–water partition coefficient (Wildman–Crippen LogP) is -0.821. The van der Waals surface area contributed by atoms with Gasteiger partial charge in [-0.3, -0.25) is 4.79 Å². The van der Waals surface area contributed by atoms with Crippen LogP contribution in [0.4, 0.5) is 0 Å². The lowest BCUT2D eigenvalue weighted by Crippen LogP contribution is -3.00. The molecule has 2 aromatic rings. The van der Waals surface area contributed by atoms with Crippen LogP contribution in [0.25, 0.3) is 0 Å². The van der Waals surface area contributed by atoms with E-state index in [4.69, 9.17) is 9.78 Å². The fourth-order valence-corrected chi connectivity index (χ4v) is 2.65. The first-order chi connectivity index (χ1) is 9.33. The third-order valence-corrected chi connectivity index (χ3v) is 3.74. The molecule has 0 amide bonds. The van der Waals surface area contributed by atoms with Crippen LogP contribution in [0.15, 0.2) is 35.3 Å². The quantitative estimate of drug-likeness (QED) is 0.410. The lowest BCUT2D eigenvalue weighted by Gasteiger charge is -2.06. The van der Waals surface area contributed by atoms with E-state index in [1.165, 1.54) is 0 Å². The highest BCUT2D eigenvalue weighted by atomic mass is 79.9. The maximum Gasteiger partial charge on any atom is 0.227 e. The van der Waals surface area contributed by atoms with E-state index in [1.807, 2.05) is 33.8 Å². The molecule has 106 valence electrons. The van der Waals surface area contributed by atoms with Gasteiger partial charge in [-0.15, -0.1) is 0 Å². The molecule has 4 nitrogen and oxygen atoms in total. The molecular weight excluding hydrogens is 342 g/mol. The van der Waals surface area contributed by atoms with Gasteiger partial charge in [0, 0.05) is 5.56 Å². The average molecular weight is 356 g/mol. The molecule has 2 heterocycles. The molecular formula is C14H14BrNO3S. The van der Waals surface area contributed by atoms with Crippen LogP contribution in [0.5, 0.6) is 5.75 Å². The summed E-state index contributed by atoms with van der Waals surface area (Å²) in [4.78, 5) is 22.4. The molecule has 0 radical (unpaired) electrons.